The second kappa shape index (κ2) is 4.57. The molecule has 3 rings (SSSR count). The van der Waals surface area contributed by atoms with Gasteiger partial charge in [-0.25, -0.2) is 0 Å². The van der Waals surface area contributed by atoms with Crippen LogP contribution in [-0.4, -0.2) is 10.1 Å². The molecule has 0 N–H and O–H groups in total. The molecule has 18 heavy (non-hydrogen) atoms. The normalized spacial score (nSPS) is 13.0. The van der Waals surface area contributed by atoms with E-state index in [4.69, 9.17) is 8.94 Å². The van der Waals surface area contributed by atoms with Crippen LogP contribution in [0, 0.1) is 0 Å². The summed E-state index contributed by atoms with van der Waals surface area (Å²) in [6.07, 6.45) is 2.56. The van der Waals surface area contributed by atoms with Gasteiger partial charge in [0, 0.05) is 5.39 Å². The third kappa shape index (κ3) is 1.84. The zero-order valence-electron chi connectivity index (χ0n) is 9.76. The summed E-state index contributed by atoms with van der Waals surface area (Å²) in [6, 6.07) is 7.79. The lowest BCUT2D eigenvalue weighted by molar-refractivity contribution is 0.377. The highest BCUT2D eigenvalue weighted by Crippen LogP contribution is 2.31. The zero-order valence-corrected chi connectivity index (χ0v) is 11.3. The number of benzene rings is 1. The van der Waals surface area contributed by atoms with Crippen molar-refractivity contribution in [1.82, 2.24) is 10.1 Å². The molecule has 0 saturated heterocycles. The first-order chi connectivity index (χ1) is 8.79. The van der Waals surface area contributed by atoms with Gasteiger partial charge in [0.1, 0.15) is 11.8 Å². The average Bonchev–Trinajstić information content (AvgIpc) is 3.03. The molecule has 0 aliphatic rings. The Hall–Kier alpha value is -1.62. The molecule has 0 amide bonds. The van der Waals surface area contributed by atoms with Crippen LogP contribution in [0.25, 0.3) is 22.4 Å². The van der Waals surface area contributed by atoms with Crippen LogP contribution in [0.5, 0.6) is 0 Å². The summed E-state index contributed by atoms with van der Waals surface area (Å²) in [6.45, 7) is 2.05. The van der Waals surface area contributed by atoms with E-state index in [1.165, 1.54) is 0 Å². The largest absolute Gasteiger partial charge is 0.464 e. The third-order valence-corrected chi connectivity index (χ3v) is 3.83. The van der Waals surface area contributed by atoms with Gasteiger partial charge in [-0.15, -0.1) is 0 Å². The number of para-hydroxylation sites is 1. The summed E-state index contributed by atoms with van der Waals surface area (Å²) in [4.78, 5) is 4.48. The molecule has 1 unspecified atom stereocenters. The first-order valence-corrected chi connectivity index (χ1v) is 6.65. The van der Waals surface area contributed by atoms with Gasteiger partial charge in [-0.1, -0.05) is 46.2 Å². The van der Waals surface area contributed by atoms with Crippen LogP contribution >= 0.6 is 15.9 Å². The van der Waals surface area contributed by atoms with Crippen LogP contribution in [0.2, 0.25) is 0 Å². The number of halogens is 1. The zero-order chi connectivity index (χ0) is 12.5. The van der Waals surface area contributed by atoms with Crippen LogP contribution in [0.1, 0.15) is 24.1 Å². The number of alkyl halides is 1. The fourth-order valence-electron chi connectivity index (χ4n) is 1.80. The van der Waals surface area contributed by atoms with Crippen molar-refractivity contribution >= 4 is 26.9 Å². The summed E-state index contributed by atoms with van der Waals surface area (Å²) in [5.74, 6) is 1.16. The molecule has 2 aromatic heterocycles. The lowest BCUT2D eigenvalue weighted by atomic mass is 10.2. The van der Waals surface area contributed by atoms with E-state index < -0.39 is 0 Å². The number of hydrogen-bond acceptors (Lipinski definition) is 4. The quantitative estimate of drug-likeness (QED) is 0.676. The minimum Gasteiger partial charge on any atom is -0.464 e. The number of hydrogen-bond donors (Lipinski definition) is 0. The summed E-state index contributed by atoms with van der Waals surface area (Å²) in [5, 5.41) is 4.99. The molecule has 1 atom stereocenters. The average molecular weight is 307 g/mol. The second-order valence-electron chi connectivity index (χ2n) is 3.98. The van der Waals surface area contributed by atoms with Crippen LogP contribution in [0.3, 0.4) is 0 Å². The Balaban J connectivity index is 2.07. The van der Waals surface area contributed by atoms with Crippen molar-refractivity contribution in [3.63, 3.8) is 0 Å². The fraction of sp³-hybridized carbons (Fsp3) is 0.231. The maximum absolute atomic E-state index is 5.47. The number of rotatable bonds is 3. The minimum atomic E-state index is 0.0944. The molecule has 0 radical (unpaired) electrons. The van der Waals surface area contributed by atoms with Gasteiger partial charge in [0.25, 0.3) is 0 Å². The van der Waals surface area contributed by atoms with E-state index in [0.717, 1.165) is 23.0 Å². The second-order valence-corrected chi connectivity index (χ2v) is 5.08. The first-order valence-electron chi connectivity index (χ1n) is 5.74. The lowest BCUT2D eigenvalue weighted by Gasteiger charge is -1.96. The molecule has 2 heterocycles. The van der Waals surface area contributed by atoms with Crippen molar-refractivity contribution in [3.05, 3.63) is 36.4 Å². The van der Waals surface area contributed by atoms with Crippen LogP contribution < -0.4 is 0 Å². The van der Waals surface area contributed by atoms with E-state index in [1.54, 1.807) is 6.26 Å². The summed E-state index contributed by atoms with van der Waals surface area (Å²) in [5.41, 5.74) is 1.68. The monoisotopic (exact) mass is 306 g/mol. The van der Waals surface area contributed by atoms with Crippen molar-refractivity contribution in [3.8, 4) is 11.4 Å². The van der Waals surface area contributed by atoms with Gasteiger partial charge in [0.15, 0.2) is 0 Å². The Morgan fingerprint density at radius 2 is 2.17 bits per heavy atom. The molecule has 0 fully saturated rings. The summed E-state index contributed by atoms with van der Waals surface area (Å²) < 4.78 is 10.7. The van der Waals surface area contributed by atoms with Crippen molar-refractivity contribution in [1.29, 1.82) is 0 Å². The molecule has 5 heteroatoms. The molecule has 1 aromatic carbocycles. The molecule has 0 spiro atoms. The van der Waals surface area contributed by atoms with Crippen molar-refractivity contribution < 1.29 is 8.94 Å². The highest BCUT2D eigenvalue weighted by atomic mass is 79.9. The van der Waals surface area contributed by atoms with E-state index >= 15 is 0 Å². The summed E-state index contributed by atoms with van der Waals surface area (Å²) >= 11 is 3.49. The Morgan fingerprint density at radius 1 is 1.33 bits per heavy atom. The van der Waals surface area contributed by atoms with Crippen molar-refractivity contribution in [2.75, 3.05) is 0 Å². The van der Waals surface area contributed by atoms with E-state index in [0.29, 0.717) is 11.7 Å². The first kappa shape index (κ1) is 11.5. The van der Waals surface area contributed by atoms with Crippen LogP contribution in [0.4, 0.5) is 0 Å². The molecule has 0 aliphatic carbocycles. The maximum Gasteiger partial charge on any atom is 0.240 e. The highest BCUT2D eigenvalue weighted by Gasteiger charge is 2.17. The van der Waals surface area contributed by atoms with Crippen LogP contribution in [-0.2, 0) is 0 Å². The van der Waals surface area contributed by atoms with E-state index in [9.17, 15) is 0 Å². The smallest absolute Gasteiger partial charge is 0.240 e. The topological polar surface area (TPSA) is 52.1 Å². The lowest BCUT2D eigenvalue weighted by Crippen LogP contribution is -1.87. The maximum atomic E-state index is 5.47. The van der Waals surface area contributed by atoms with E-state index in [2.05, 4.69) is 33.0 Å². The molecular formula is C13H11BrN2O2. The van der Waals surface area contributed by atoms with Gasteiger partial charge >= 0.3 is 0 Å². The standard InChI is InChI=1S/C13H11BrN2O2/c1-2-10(14)13-15-12(16-18-13)9-7-17-11-6-4-3-5-8(9)11/h3-7,10H,2H2,1H3. The third-order valence-electron chi connectivity index (χ3n) is 2.79. The van der Waals surface area contributed by atoms with Crippen molar-refractivity contribution in [2.45, 2.75) is 18.2 Å². The number of nitrogens with zero attached hydrogens (tertiary/aromatic N) is 2. The number of furan rings is 1. The predicted octanol–water partition coefficient (Wildman–Crippen LogP) is 4.33. The van der Waals surface area contributed by atoms with Gasteiger partial charge in [-0.2, -0.15) is 4.98 Å². The number of aromatic nitrogens is 2. The molecule has 0 bridgehead atoms. The van der Waals surface area contributed by atoms with Gasteiger partial charge in [-0.05, 0) is 12.5 Å². The summed E-state index contributed by atoms with van der Waals surface area (Å²) in [7, 11) is 0. The minimum absolute atomic E-state index is 0.0944. The molecule has 3 aromatic rings. The Labute approximate surface area is 112 Å². The molecule has 0 aliphatic heterocycles. The van der Waals surface area contributed by atoms with E-state index in [1.807, 2.05) is 24.3 Å². The predicted molar refractivity (Wildman–Crippen MR) is 71.5 cm³/mol. The molecule has 0 saturated carbocycles. The molecular weight excluding hydrogens is 296 g/mol. The van der Waals surface area contributed by atoms with E-state index in [-0.39, 0.29) is 4.83 Å². The number of fused-ring (bicyclic) bond motifs is 1. The van der Waals surface area contributed by atoms with Gasteiger partial charge in [-0.3, -0.25) is 0 Å². The Bertz CT molecular complexity index is 674. The Morgan fingerprint density at radius 3 is 3.00 bits per heavy atom. The molecule has 92 valence electrons. The Kier molecular flexibility index (Phi) is 2.91. The van der Waals surface area contributed by atoms with Gasteiger partial charge in [0.05, 0.1) is 10.4 Å². The highest BCUT2D eigenvalue weighted by molar-refractivity contribution is 9.09. The van der Waals surface area contributed by atoms with Gasteiger partial charge < -0.3 is 8.94 Å². The SMILES string of the molecule is CCC(Br)c1nc(-c2coc3ccccc23)no1. The van der Waals surface area contributed by atoms with Crippen molar-refractivity contribution in [2.24, 2.45) is 0 Å². The molecule has 4 nitrogen and oxygen atoms in total. The van der Waals surface area contributed by atoms with Crippen LogP contribution in [0.15, 0.2) is 39.5 Å². The fourth-order valence-corrected chi connectivity index (χ4v) is 1.98. The van der Waals surface area contributed by atoms with Gasteiger partial charge in [0.2, 0.25) is 11.7 Å².